The molecule has 1 atom stereocenters. The molecule has 6 heteroatoms. The van der Waals surface area contributed by atoms with Gasteiger partial charge in [-0.25, -0.2) is 4.39 Å². The maximum atomic E-state index is 13.5. The molecule has 5 nitrogen and oxygen atoms in total. The molecule has 0 spiro atoms. The molecule has 0 aliphatic carbocycles. The number of primary amides is 1. The summed E-state index contributed by atoms with van der Waals surface area (Å²) in [5.41, 5.74) is 6.59. The number of hydrogen-bond donors (Lipinski definition) is 2. The zero-order valence-electron chi connectivity index (χ0n) is 11.2. The van der Waals surface area contributed by atoms with Crippen molar-refractivity contribution in [3.8, 4) is 0 Å². The van der Waals surface area contributed by atoms with Crippen LogP contribution in [0.4, 0.5) is 10.2 Å². The predicted molar refractivity (Wildman–Crippen MR) is 73.7 cm³/mol. The highest BCUT2D eigenvalue weighted by Gasteiger charge is 2.09. The lowest BCUT2D eigenvalue weighted by Gasteiger charge is -2.15. The van der Waals surface area contributed by atoms with E-state index in [4.69, 9.17) is 5.73 Å². The van der Waals surface area contributed by atoms with E-state index in [9.17, 15) is 9.18 Å². The van der Waals surface area contributed by atoms with Crippen LogP contribution in [0, 0.1) is 12.7 Å². The van der Waals surface area contributed by atoms with Crippen LogP contribution in [-0.4, -0.2) is 16.1 Å². The first kappa shape index (κ1) is 13.9. The smallest absolute Gasteiger partial charge is 0.269 e. The van der Waals surface area contributed by atoms with Gasteiger partial charge in [0.05, 0.1) is 6.04 Å². The fraction of sp³-hybridized carbons (Fsp3) is 0.214. The Morgan fingerprint density at radius 1 is 1.30 bits per heavy atom. The zero-order chi connectivity index (χ0) is 14.7. The molecule has 1 aromatic heterocycles. The second-order valence-electron chi connectivity index (χ2n) is 4.54. The lowest BCUT2D eigenvalue weighted by molar-refractivity contribution is 0.0994. The largest absolute Gasteiger partial charge is 0.364 e. The highest BCUT2D eigenvalue weighted by Crippen LogP contribution is 2.19. The van der Waals surface area contributed by atoms with Gasteiger partial charge in [0, 0.05) is 0 Å². The predicted octanol–water partition coefficient (Wildman–Crippen LogP) is 2.20. The monoisotopic (exact) mass is 274 g/mol. The van der Waals surface area contributed by atoms with Crippen LogP contribution in [0.15, 0.2) is 30.3 Å². The van der Waals surface area contributed by atoms with E-state index < -0.39 is 5.91 Å². The molecule has 104 valence electrons. The third-order valence-corrected chi connectivity index (χ3v) is 2.98. The van der Waals surface area contributed by atoms with Gasteiger partial charge in [-0.3, -0.25) is 4.79 Å². The van der Waals surface area contributed by atoms with E-state index in [1.165, 1.54) is 12.1 Å². The Balaban J connectivity index is 2.12. The van der Waals surface area contributed by atoms with Gasteiger partial charge in [-0.05, 0) is 43.2 Å². The number of halogens is 1. The summed E-state index contributed by atoms with van der Waals surface area (Å²) in [6, 6.07) is 8.01. The van der Waals surface area contributed by atoms with Gasteiger partial charge in [-0.2, -0.15) is 0 Å². The van der Waals surface area contributed by atoms with Crippen molar-refractivity contribution in [3.05, 3.63) is 53.0 Å². The van der Waals surface area contributed by atoms with Crippen LogP contribution in [0.2, 0.25) is 0 Å². The summed E-state index contributed by atoms with van der Waals surface area (Å²) in [6.45, 7) is 3.60. The minimum atomic E-state index is -0.627. The Morgan fingerprint density at radius 3 is 2.60 bits per heavy atom. The Bertz CT molecular complexity index is 628. The van der Waals surface area contributed by atoms with Crippen LogP contribution in [0.25, 0.3) is 0 Å². The summed E-state index contributed by atoms with van der Waals surface area (Å²) in [6.07, 6.45) is 0. The summed E-state index contributed by atoms with van der Waals surface area (Å²) >= 11 is 0. The Kier molecular flexibility index (Phi) is 3.93. The number of amides is 1. The number of nitrogens with zero attached hydrogens (tertiary/aromatic N) is 2. The van der Waals surface area contributed by atoms with Gasteiger partial charge in [0.2, 0.25) is 0 Å². The molecule has 3 N–H and O–H groups in total. The second kappa shape index (κ2) is 5.64. The molecule has 2 rings (SSSR count). The van der Waals surface area contributed by atoms with Gasteiger partial charge >= 0.3 is 0 Å². The number of benzene rings is 1. The molecule has 1 heterocycles. The molecule has 20 heavy (non-hydrogen) atoms. The number of anilines is 1. The first-order valence-electron chi connectivity index (χ1n) is 6.13. The van der Waals surface area contributed by atoms with Crippen molar-refractivity contribution in [2.24, 2.45) is 5.73 Å². The number of aromatic nitrogens is 2. The minimum absolute atomic E-state index is 0.101. The van der Waals surface area contributed by atoms with Crippen molar-refractivity contribution < 1.29 is 9.18 Å². The van der Waals surface area contributed by atoms with Crippen LogP contribution in [0.5, 0.6) is 0 Å². The fourth-order valence-corrected chi connectivity index (χ4v) is 1.72. The topological polar surface area (TPSA) is 80.9 Å². The van der Waals surface area contributed by atoms with Crippen molar-refractivity contribution in [3.63, 3.8) is 0 Å². The molecule has 2 aromatic rings. The zero-order valence-corrected chi connectivity index (χ0v) is 11.2. The second-order valence-corrected chi connectivity index (χ2v) is 4.54. The summed E-state index contributed by atoms with van der Waals surface area (Å²) in [5.74, 6) is -0.382. The molecule has 0 radical (unpaired) electrons. The van der Waals surface area contributed by atoms with Gasteiger partial charge in [-0.1, -0.05) is 12.1 Å². The van der Waals surface area contributed by atoms with Crippen LogP contribution >= 0.6 is 0 Å². The van der Waals surface area contributed by atoms with Gasteiger partial charge in [0.15, 0.2) is 5.69 Å². The van der Waals surface area contributed by atoms with Crippen molar-refractivity contribution in [2.45, 2.75) is 19.9 Å². The van der Waals surface area contributed by atoms with E-state index in [-0.39, 0.29) is 17.6 Å². The molecule has 0 saturated carbocycles. The maximum absolute atomic E-state index is 13.5. The molecule has 0 fully saturated rings. The normalized spacial score (nSPS) is 11.9. The van der Waals surface area contributed by atoms with Crippen molar-refractivity contribution in [1.82, 2.24) is 10.2 Å². The van der Waals surface area contributed by atoms with Gasteiger partial charge in [0.25, 0.3) is 5.91 Å². The van der Waals surface area contributed by atoms with Crippen molar-refractivity contribution in [1.29, 1.82) is 0 Å². The number of carbonyl (C=O) groups is 1. The number of hydrogen-bond acceptors (Lipinski definition) is 4. The summed E-state index contributed by atoms with van der Waals surface area (Å²) < 4.78 is 13.5. The molecule has 0 aliphatic rings. The van der Waals surface area contributed by atoms with Gasteiger partial charge in [0.1, 0.15) is 11.6 Å². The molecular weight excluding hydrogens is 259 g/mol. The number of nitrogens with one attached hydrogen (secondary N) is 1. The van der Waals surface area contributed by atoms with E-state index in [1.807, 2.05) is 13.0 Å². The van der Waals surface area contributed by atoms with E-state index in [0.717, 1.165) is 5.56 Å². The quantitative estimate of drug-likeness (QED) is 0.895. The van der Waals surface area contributed by atoms with Crippen LogP contribution in [0.3, 0.4) is 0 Å². The van der Waals surface area contributed by atoms with Crippen molar-refractivity contribution in [2.75, 3.05) is 5.32 Å². The maximum Gasteiger partial charge on any atom is 0.269 e. The molecule has 0 bridgehead atoms. The van der Waals surface area contributed by atoms with Crippen LogP contribution < -0.4 is 11.1 Å². The standard InChI is InChI=1S/C14H15FN4O/c1-8-3-4-10(7-11(8)15)9(2)17-13-6-5-12(14(16)20)18-19-13/h3-7,9H,1-2H3,(H2,16,20)(H,17,19). The number of nitrogens with two attached hydrogens (primary N) is 1. The SMILES string of the molecule is Cc1ccc(C(C)Nc2ccc(C(N)=O)nn2)cc1F. The summed E-state index contributed by atoms with van der Waals surface area (Å²) in [4.78, 5) is 10.9. The number of rotatable bonds is 4. The molecule has 1 unspecified atom stereocenters. The first-order chi connectivity index (χ1) is 9.47. The van der Waals surface area contributed by atoms with Gasteiger partial charge < -0.3 is 11.1 Å². The lowest BCUT2D eigenvalue weighted by atomic mass is 10.1. The van der Waals surface area contributed by atoms with E-state index >= 15 is 0 Å². The molecule has 1 amide bonds. The highest BCUT2D eigenvalue weighted by molar-refractivity contribution is 5.90. The summed E-state index contributed by atoms with van der Waals surface area (Å²) in [7, 11) is 0. The Hall–Kier alpha value is -2.50. The highest BCUT2D eigenvalue weighted by atomic mass is 19.1. The Morgan fingerprint density at radius 2 is 2.05 bits per heavy atom. The van der Waals surface area contributed by atoms with E-state index in [2.05, 4.69) is 15.5 Å². The third kappa shape index (κ3) is 3.09. The molecule has 0 aliphatic heterocycles. The molecule has 0 saturated heterocycles. The lowest BCUT2D eigenvalue weighted by Crippen LogP contribution is -2.15. The molecule has 1 aromatic carbocycles. The number of carbonyl (C=O) groups excluding carboxylic acids is 1. The third-order valence-electron chi connectivity index (χ3n) is 2.98. The number of aryl methyl sites for hydroxylation is 1. The Labute approximate surface area is 116 Å². The van der Waals surface area contributed by atoms with Gasteiger partial charge in [-0.15, -0.1) is 10.2 Å². The average molecular weight is 274 g/mol. The molecular formula is C14H15FN4O. The minimum Gasteiger partial charge on any atom is -0.364 e. The van der Waals surface area contributed by atoms with Crippen molar-refractivity contribution >= 4 is 11.7 Å². The fourth-order valence-electron chi connectivity index (χ4n) is 1.72. The first-order valence-corrected chi connectivity index (χ1v) is 6.13. The average Bonchev–Trinajstić information content (AvgIpc) is 2.42. The van der Waals surface area contributed by atoms with Crippen LogP contribution in [-0.2, 0) is 0 Å². The summed E-state index contributed by atoms with van der Waals surface area (Å²) in [5, 5.41) is 10.6. The van der Waals surface area contributed by atoms with Crippen LogP contribution in [0.1, 0.15) is 34.6 Å². The van der Waals surface area contributed by atoms with E-state index in [1.54, 1.807) is 19.1 Å². The van der Waals surface area contributed by atoms with E-state index in [0.29, 0.717) is 11.4 Å².